The average Bonchev–Trinajstić information content (AvgIpc) is 2.72. The minimum absolute atomic E-state index is 0.786. The summed E-state index contributed by atoms with van der Waals surface area (Å²) in [6.07, 6.45) is 1.74. The van der Waals surface area contributed by atoms with Gasteiger partial charge in [-0.1, -0.05) is 30.3 Å². The third kappa shape index (κ3) is 1.86. The zero-order valence-electron chi connectivity index (χ0n) is 9.07. The van der Waals surface area contributed by atoms with Crippen LogP contribution in [0, 0.1) is 0 Å². The number of nitrogens with zero attached hydrogens (tertiary/aromatic N) is 1. The molecule has 0 fully saturated rings. The Morgan fingerprint density at radius 3 is 2.94 bits per heavy atom. The number of hydrogen-bond donors (Lipinski definition) is 1. The van der Waals surface area contributed by atoms with E-state index < -0.39 is 0 Å². The van der Waals surface area contributed by atoms with Crippen LogP contribution in [0.5, 0.6) is 0 Å². The third-order valence-electron chi connectivity index (χ3n) is 2.84. The quantitative estimate of drug-likeness (QED) is 0.829. The van der Waals surface area contributed by atoms with Crippen molar-refractivity contribution in [1.29, 1.82) is 0 Å². The molecule has 1 aromatic carbocycles. The first-order valence-electron chi connectivity index (χ1n) is 5.64. The van der Waals surface area contributed by atoms with E-state index in [2.05, 4.69) is 22.4 Å². The summed E-state index contributed by atoms with van der Waals surface area (Å²) >= 11 is 0. The normalized spacial score (nSPS) is 14.8. The van der Waals surface area contributed by atoms with Gasteiger partial charge in [0.25, 0.3) is 0 Å². The van der Waals surface area contributed by atoms with Crippen molar-refractivity contribution < 1.29 is 4.42 Å². The van der Waals surface area contributed by atoms with E-state index in [-0.39, 0.29) is 0 Å². The van der Waals surface area contributed by atoms with Gasteiger partial charge in [-0.25, -0.2) is 4.98 Å². The summed E-state index contributed by atoms with van der Waals surface area (Å²) in [6.45, 7) is 1.83. The highest BCUT2D eigenvalue weighted by Crippen LogP contribution is 2.17. The first-order valence-corrected chi connectivity index (χ1v) is 5.64. The van der Waals surface area contributed by atoms with Crippen molar-refractivity contribution in [2.75, 3.05) is 6.54 Å². The van der Waals surface area contributed by atoms with Crippen LogP contribution in [0.4, 0.5) is 0 Å². The zero-order valence-corrected chi connectivity index (χ0v) is 9.07. The molecule has 0 amide bonds. The molecule has 0 radical (unpaired) electrons. The highest BCUT2D eigenvalue weighted by atomic mass is 16.4. The van der Waals surface area contributed by atoms with Gasteiger partial charge in [0, 0.05) is 25.9 Å². The van der Waals surface area contributed by atoms with Crippen molar-refractivity contribution >= 4 is 0 Å². The number of hydrogen-bond acceptors (Lipinski definition) is 3. The Morgan fingerprint density at radius 1 is 1.25 bits per heavy atom. The monoisotopic (exact) mass is 214 g/mol. The van der Waals surface area contributed by atoms with Gasteiger partial charge in [0.15, 0.2) is 5.89 Å². The lowest BCUT2D eigenvalue weighted by atomic mass is 10.1. The van der Waals surface area contributed by atoms with Crippen molar-refractivity contribution in [2.45, 2.75) is 19.4 Å². The van der Waals surface area contributed by atoms with Crippen LogP contribution in [0.15, 0.2) is 34.7 Å². The lowest BCUT2D eigenvalue weighted by Crippen LogP contribution is -2.22. The summed E-state index contributed by atoms with van der Waals surface area (Å²) in [7, 11) is 0. The Morgan fingerprint density at radius 2 is 2.12 bits per heavy atom. The summed E-state index contributed by atoms with van der Waals surface area (Å²) in [5.41, 5.74) is 2.33. The first-order chi connectivity index (χ1) is 7.92. The fraction of sp³-hybridized carbons (Fsp3) is 0.308. The van der Waals surface area contributed by atoms with Crippen LogP contribution in [-0.4, -0.2) is 11.5 Å². The number of benzene rings is 1. The van der Waals surface area contributed by atoms with E-state index in [4.69, 9.17) is 4.42 Å². The second-order valence-corrected chi connectivity index (χ2v) is 4.07. The molecule has 82 valence electrons. The predicted molar refractivity (Wildman–Crippen MR) is 61.2 cm³/mol. The molecule has 0 saturated carbocycles. The number of oxazole rings is 1. The molecule has 3 heteroatoms. The fourth-order valence-electron chi connectivity index (χ4n) is 2.03. The van der Waals surface area contributed by atoms with Crippen LogP contribution in [0.2, 0.25) is 0 Å². The van der Waals surface area contributed by atoms with Crippen LogP contribution in [0.3, 0.4) is 0 Å². The maximum absolute atomic E-state index is 5.76. The van der Waals surface area contributed by atoms with Gasteiger partial charge in [0.05, 0.1) is 5.69 Å². The molecule has 3 nitrogen and oxygen atoms in total. The summed E-state index contributed by atoms with van der Waals surface area (Å²) in [4.78, 5) is 4.52. The topological polar surface area (TPSA) is 38.1 Å². The van der Waals surface area contributed by atoms with Gasteiger partial charge in [0.2, 0.25) is 0 Å². The standard InChI is InChI=1S/C13H14N2O/c1-2-4-10(5-3-1)8-13-15-11-9-14-7-6-12(11)16-13/h1-5,14H,6-9H2. The molecule has 2 aromatic rings. The van der Waals surface area contributed by atoms with Crippen LogP contribution in [-0.2, 0) is 19.4 Å². The summed E-state index contributed by atoms with van der Waals surface area (Å²) in [5.74, 6) is 1.89. The highest BCUT2D eigenvalue weighted by Gasteiger charge is 2.16. The molecule has 0 aliphatic carbocycles. The van der Waals surface area contributed by atoms with Crippen molar-refractivity contribution in [3.8, 4) is 0 Å². The van der Waals surface area contributed by atoms with Crippen molar-refractivity contribution in [3.63, 3.8) is 0 Å². The van der Waals surface area contributed by atoms with Crippen LogP contribution in [0.1, 0.15) is 22.9 Å². The molecule has 0 unspecified atom stereocenters. The Hall–Kier alpha value is -1.61. The number of rotatable bonds is 2. The fourth-order valence-corrected chi connectivity index (χ4v) is 2.03. The zero-order chi connectivity index (χ0) is 10.8. The molecule has 0 saturated heterocycles. The van der Waals surface area contributed by atoms with Crippen LogP contribution in [0.25, 0.3) is 0 Å². The number of aromatic nitrogens is 1. The smallest absolute Gasteiger partial charge is 0.199 e. The molecule has 3 rings (SSSR count). The molecule has 0 spiro atoms. The molecule has 0 atom stereocenters. The van der Waals surface area contributed by atoms with Gasteiger partial charge < -0.3 is 9.73 Å². The van der Waals surface area contributed by atoms with Gasteiger partial charge >= 0.3 is 0 Å². The Labute approximate surface area is 94.5 Å². The molecule has 0 bridgehead atoms. The van der Waals surface area contributed by atoms with Gasteiger partial charge in [-0.05, 0) is 5.56 Å². The molecule has 2 heterocycles. The largest absolute Gasteiger partial charge is 0.445 e. The third-order valence-corrected chi connectivity index (χ3v) is 2.84. The lowest BCUT2D eigenvalue weighted by molar-refractivity contribution is 0.445. The summed E-state index contributed by atoms with van der Waals surface area (Å²) < 4.78 is 5.76. The second-order valence-electron chi connectivity index (χ2n) is 4.07. The Bertz CT molecular complexity index is 452. The first kappa shape index (κ1) is 9.60. The minimum Gasteiger partial charge on any atom is -0.445 e. The molecular weight excluding hydrogens is 200 g/mol. The van der Waals surface area contributed by atoms with Gasteiger partial charge in [0.1, 0.15) is 5.76 Å². The molecule has 1 aromatic heterocycles. The highest BCUT2D eigenvalue weighted by molar-refractivity contribution is 5.20. The van der Waals surface area contributed by atoms with E-state index in [0.717, 1.165) is 43.3 Å². The number of nitrogens with one attached hydrogen (secondary N) is 1. The molecule has 1 aliphatic rings. The van der Waals surface area contributed by atoms with E-state index >= 15 is 0 Å². The van der Waals surface area contributed by atoms with Crippen molar-refractivity contribution in [1.82, 2.24) is 10.3 Å². The summed E-state index contributed by atoms with van der Waals surface area (Å²) in [5, 5.41) is 3.30. The van der Waals surface area contributed by atoms with Gasteiger partial charge in [-0.15, -0.1) is 0 Å². The lowest BCUT2D eigenvalue weighted by Gasteiger charge is -2.08. The molecular formula is C13H14N2O. The Balaban J connectivity index is 1.83. The van der Waals surface area contributed by atoms with E-state index in [9.17, 15) is 0 Å². The van der Waals surface area contributed by atoms with Crippen molar-refractivity contribution in [3.05, 3.63) is 53.2 Å². The minimum atomic E-state index is 0.786. The molecule has 1 N–H and O–H groups in total. The SMILES string of the molecule is c1ccc(Cc2nc3c(o2)CCNC3)cc1. The van der Waals surface area contributed by atoms with E-state index in [1.807, 2.05) is 18.2 Å². The number of fused-ring (bicyclic) bond motifs is 1. The maximum Gasteiger partial charge on any atom is 0.199 e. The van der Waals surface area contributed by atoms with E-state index in [1.54, 1.807) is 0 Å². The van der Waals surface area contributed by atoms with E-state index in [1.165, 1.54) is 5.56 Å². The molecule has 16 heavy (non-hydrogen) atoms. The predicted octanol–water partition coefficient (Wildman–Crippen LogP) is 1.91. The van der Waals surface area contributed by atoms with Crippen LogP contribution >= 0.6 is 0 Å². The summed E-state index contributed by atoms with van der Waals surface area (Å²) in [6, 6.07) is 10.3. The second kappa shape index (κ2) is 4.10. The van der Waals surface area contributed by atoms with Gasteiger partial charge in [-0.2, -0.15) is 0 Å². The average molecular weight is 214 g/mol. The van der Waals surface area contributed by atoms with E-state index in [0.29, 0.717) is 0 Å². The molecule has 1 aliphatic heterocycles. The van der Waals surface area contributed by atoms with Crippen LogP contribution < -0.4 is 5.32 Å². The van der Waals surface area contributed by atoms with Gasteiger partial charge in [-0.3, -0.25) is 0 Å². The maximum atomic E-state index is 5.76. The van der Waals surface area contributed by atoms with Crippen molar-refractivity contribution in [2.24, 2.45) is 0 Å². The Kier molecular flexibility index (Phi) is 2.46.